The summed E-state index contributed by atoms with van der Waals surface area (Å²) in [4.78, 5) is 11.4. The number of carbonyl (C=O) groups is 1. The zero-order valence-corrected chi connectivity index (χ0v) is 10.4. The van der Waals surface area contributed by atoms with Gasteiger partial charge >= 0.3 is 0 Å². The minimum atomic E-state index is -0.872. The van der Waals surface area contributed by atoms with Gasteiger partial charge in [0.1, 0.15) is 0 Å². The lowest BCUT2D eigenvalue weighted by molar-refractivity contribution is -0.137. The molecule has 5 heteroatoms. The lowest BCUT2D eigenvalue weighted by atomic mass is 10.1. The fourth-order valence-corrected chi connectivity index (χ4v) is 1.59. The number of nitrogens with zero attached hydrogens (tertiary/aromatic N) is 1. The molecule has 17 heavy (non-hydrogen) atoms. The predicted octanol–water partition coefficient (Wildman–Crippen LogP) is 2.12. The Labute approximate surface area is 105 Å². The first-order valence-corrected chi connectivity index (χ1v) is 5.66. The van der Waals surface area contributed by atoms with Gasteiger partial charge in [-0.05, 0) is 31.5 Å². The molecule has 1 aliphatic rings. The number of ether oxygens (including phenoxy) is 1. The number of carbonyl (C=O) groups excluding carboxylic acids is 1. The third-order valence-electron chi connectivity index (χ3n) is 2.47. The van der Waals surface area contributed by atoms with Crippen LogP contribution in [0, 0.1) is 0 Å². The fourth-order valence-electron chi connectivity index (χ4n) is 1.46. The summed E-state index contributed by atoms with van der Waals surface area (Å²) in [5, 5.41) is 4.57. The van der Waals surface area contributed by atoms with Crippen LogP contribution in [0.1, 0.15) is 19.4 Å². The van der Waals surface area contributed by atoms with E-state index in [9.17, 15) is 4.79 Å². The van der Waals surface area contributed by atoms with Gasteiger partial charge in [-0.25, -0.2) is 5.43 Å². The minimum absolute atomic E-state index is 0.239. The summed E-state index contributed by atoms with van der Waals surface area (Å²) in [6.07, 6.45) is 0.529. The summed E-state index contributed by atoms with van der Waals surface area (Å²) in [5.41, 5.74) is 2.61. The molecule has 1 N–H and O–H groups in total. The van der Waals surface area contributed by atoms with Crippen molar-refractivity contribution in [3.63, 3.8) is 0 Å². The van der Waals surface area contributed by atoms with E-state index < -0.39 is 5.60 Å². The molecular weight excluding hydrogens is 240 g/mol. The summed E-state index contributed by atoms with van der Waals surface area (Å²) in [6, 6.07) is 7.42. The number of hydrazone groups is 1. The van der Waals surface area contributed by atoms with E-state index >= 15 is 0 Å². The van der Waals surface area contributed by atoms with Crippen molar-refractivity contribution in [2.24, 2.45) is 5.10 Å². The Bertz CT molecular complexity index is 466. The van der Waals surface area contributed by atoms with Gasteiger partial charge in [0.05, 0.1) is 6.42 Å². The fraction of sp³-hybridized carbons (Fsp3) is 0.333. The van der Waals surface area contributed by atoms with Crippen molar-refractivity contribution in [3.8, 4) is 0 Å². The van der Waals surface area contributed by atoms with Crippen LogP contribution in [0.4, 0.5) is 0 Å². The molecule has 0 spiro atoms. The van der Waals surface area contributed by atoms with E-state index in [1.54, 1.807) is 13.8 Å². The highest BCUT2D eigenvalue weighted by atomic mass is 35.5. The van der Waals surface area contributed by atoms with Gasteiger partial charge in [0.25, 0.3) is 5.91 Å². The molecule has 0 atom stereocenters. The zero-order valence-electron chi connectivity index (χ0n) is 9.66. The molecule has 0 bridgehead atoms. The van der Waals surface area contributed by atoms with Crippen LogP contribution in [0.3, 0.4) is 0 Å². The first-order chi connectivity index (χ1) is 7.97. The summed E-state index contributed by atoms with van der Waals surface area (Å²) in [5.74, 6) is 0.259. The van der Waals surface area contributed by atoms with Crippen molar-refractivity contribution in [3.05, 3.63) is 34.9 Å². The monoisotopic (exact) mass is 252 g/mol. The normalized spacial score (nSPS) is 18.1. The molecule has 4 nitrogen and oxygen atoms in total. The Kier molecular flexibility index (Phi) is 3.07. The van der Waals surface area contributed by atoms with E-state index in [0.29, 0.717) is 17.3 Å². The topological polar surface area (TPSA) is 50.7 Å². The Balaban J connectivity index is 2.10. The van der Waals surface area contributed by atoms with Crippen LogP contribution in [-0.4, -0.2) is 17.4 Å². The summed E-state index contributed by atoms with van der Waals surface area (Å²) in [6.45, 7) is 3.41. The van der Waals surface area contributed by atoms with E-state index in [1.807, 2.05) is 24.3 Å². The van der Waals surface area contributed by atoms with Crippen molar-refractivity contribution >= 4 is 23.4 Å². The van der Waals surface area contributed by atoms with Crippen LogP contribution < -0.4 is 5.43 Å². The highest BCUT2D eigenvalue weighted by Crippen LogP contribution is 2.17. The second-order valence-electron chi connectivity index (χ2n) is 4.36. The van der Waals surface area contributed by atoms with E-state index in [2.05, 4.69) is 10.5 Å². The number of hydrogen-bond acceptors (Lipinski definition) is 3. The van der Waals surface area contributed by atoms with Crippen LogP contribution >= 0.6 is 11.6 Å². The molecule has 0 aromatic heterocycles. The zero-order chi connectivity index (χ0) is 12.5. The second kappa shape index (κ2) is 4.37. The van der Waals surface area contributed by atoms with Gasteiger partial charge in [-0.3, -0.25) is 4.79 Å². The average molecular weight is 253 g/mol. The number of amides is 1. The molecule has 2 rings (SSSR count). The minimum Gasteiger partial charge on any atom is -0.463 e. The van der Waals surface area contributed by atoms with E-state index in [1.165, 1.54) is 0 Å². The van der Waals surface area contributed by atoms with Gasteiger partial charge in [-0.1, -0.05) is 23.7 Å². The van der Waals surface area contributed by atoms with Gasteiger partial charge in [-0.2, -0.15) is 0 Å². The van der Waals surface area contributed by atoms with Crippen molar-refractivity contribution in [1.82, 2.24) is 5.43 Å². The van der Waals surface area contributed by atoms with E-state index in [-0.39, 0.29) is 5.91 Å². The largest absolute Gasteiger partial charge is 0.463 e. The number of halogens is 1. The van der Waals surface area contributed by atoms with Crippen molar-refractivity contribution < 1.29 is 9.53 Å². The third-order valence-corrected chi connectivity index (χ3v) is 2.72. The van der Waals surface area contributed by atoms with E-state index in [4.69, 9.17) is 16.3 Å². The SMILES string of the molecule is CC1(C)OC(Cc2ccc(Cl)cc2)=NNC1=O. The molecule has 1 aliphatic heterocycles. The molecule has 1 amide bonds. The molecule has 1 aromatic rings. The van der Waals surface area contributed by atoms with Crippen molar-refractivity contribution in [2.75, 3.05) is 0 Å². The van der Waals surface area contributed by atoms with Crippen molar-refractivity contribution in [2.45, 2.75) is 25.9 Å². The highest BCUT2D eigenvalue weighted by molar-refractivity contribution is 6.30. The molecule has 90 valence electrons. The average Bonchev–Trinajstić information content (AvgIpc) is 2.26. The van der Waals surface area contributed by atoms with Crippen LogP contribution in [0.25, 0.3) is 0 Å². The lowest BCUT2D eigenvalue weighted by Gasteiger charge is -2.28. The van der Waals surface area contributed by atoms with Gasteiger partial charge < -0.3 is 4.74 Å². The molecule has 1 aromatic carbocycles. The first-order valence-electron chi connectivity index (χ1n) is 5.28. The van der Waals surface area contributed by atoms with Crippen LogP contribution in [0.5, 0.6) is 0 Å². The maximum atomic E-state index is 11.4. The van der Waals surface area contributed by atoms with Gasteiger partial charge in [0, 0.05) is 5.02 Å². The Morgan fingerprint density at radius 1 is 1.35 bits per heavy atom. The molecule has 0 unspecified atom stereocenters. The second-order valence-corrected chi connectivity index (χ2v) is 4.80. The van der Waals surface area contributed by atoms with Gasteiger partial charge in [-0.15, -0.1) is 5.10 Å². The standard InChI is InChI=1S/C12H13ClN2O2/c1-12(2)11(16)15-14-10(17-12)7-8-3-5-9(13)6-4-8/h3-6H,7H2,1-2H3,(H,15,16). The third kappa shape index (κ3) is 2.77. The van der Waals surface area contributed by atoms with Gasteiger partial charge in [0.15, 0.2) is 5.60 Å². The number of hydrogen-bond donors (Lipinski definition) is 1. The summed E-state index contributed by atoms with van der Waals surface area (Å²) < 4.78 is 5.53. The number of rotatable bonds is 2. The summed E-state index contributed by atoms with van der Waals surface area (Å²) in [7, 11) is 0. The van der Waals surface area contributed by atoms with Crippen LogP contribution in [0.15, 0.2) is 29.4 Å². The molecule has 1 heterocycles. The summed E-state index contributed by atoms with van der Waals surface area (Å²) >= 11 is 5.80. The molecule has 0 saturated carbocycles. The van der Waals surface area contributed by atoms with Crippen molar-refractivity contribution in [1.29, 1.82) is 0 Å². The smallest absolute Gasteiger partial charge is 0.283 e. The number of benzene rings is 1. The Morgan fingerprint density at radius 2 is 2.00 bits per heavy atom. The Hall–Kier alpha value is -1.55. The quantitative estimate of drug-likeness (QED) is 0.877. The maximum Gasteiger partial charge on any atom is 0.283 e. The van der Waals surface area contributed by atoms with Crippen LogP contribution in [0.2, 0.25) is 5.02 Å². The highest BCUT2D eigenvalue weighted by Gasteiger charge is 2.34. The molecule has 0 radical (unpaired) electrons. The molecule has 0 saturated heterocycles. The molecule has 0 fully saturated rings. The predicted molar refractivity (Wildman–Crippen MR) is 65.9 cm³/mol. The van der Waals surface area contributed by atoms with Gasteiger partial charge in [0.2, 0.25) is 5.90 Å². The Morgan fingerprint density at radius 3 is 2.59 bits per heavy atom. The maximum absolute atomic E-state index is 11.4. The molecule has 0 aliphatic carbocycles. The number of nitrogens with one attached hydrogen (secondary N) is 1. The van der Waals surface area contributed by atoms with E-state index in [0.717, 1.165) is 5.56 Å². The first kappa shape index (κ1) is 11.9. The molecular formula is C12H13ClN2O2. The van der Waals surface area contributed by atoms with Crippen LogP contribution in [-0.2, 0) is 16.0 Å². The lowest BCUT2D eigenvalue weighted by Crippen LogP contribution is -2.48.